The highest BCUT2D eigenvalue weighted by Gasteiger charge is 2.37. The first kappa shape index (κ1) is 26.2. The average Bonchev–Trinajstić information content (AvgIpc) is 2.69. The molecular formula is C29H56O. The summed E-state index contributed by atoms with van der Waals surface area (Å²) in [6.07, 6.45) is 15.2. The molecule has 0 aromatic rings. The summed E-state index contributed by atoms with van der Waals surface area (Å²) >= 11 is 0. The summed E-state index contributed by atoms with van der Waals surface area (Å²) < 4.78 is 0. The maximum absolute atomic E-state index is 9.84. The van der Waals surface area contributed by atoms with Crippen molar-refractivity contribution in [1.82, 2.24) is 0 Å². The molecule has 1 heteroatoms. The summed E-state index contributed by atoms with van der Waals surface area (Å²) in [4.78, 5) is 0. The van der Waals surface area contributed by atoms with Crippen molar-refractivity contribution < 1.29 is 5.11 Å². The molecule has 0 aromatic carbocycles. The zero-order valence-corrected chi connectivity index (χ0v) is 21.7. The molecule has 1 nitrogen and oxygen atoms in total. The van der Waals surface area contributed by atoms with Crippen LogP contribution in [0.4, 0.5) is 0 Å². The molecule has 178 valence electrons. The first-order valence-corrected chi connectivity index (χ1v) is 13.9. The fraction of sp³-hybridized carbons (Fsp3) is 1.00. The van der Waals surface area contributed by atoms with E-state index >= 15 is 0 Å². The summed E-state index contributed by atoms with van der Waals surface area (Å²) in [5.41, 5.74) is 0. The lowest BCUT2D eigenvalue weighted by Crippen LogP contribution is -2.34. The van der Waals surface area contributed by atoms with Crippen LogP contribution in [0.2, 0.25) is 0 Å². The Labute approximate surface area is 190 Å². The van der Waals surface area contributed by atoms with Gasteiger partial charge in [0.2, 0.25) is 0 Å². The Morgan fingerprint density at radius 1 is 0.667 bits per heavy atom. The first-order chi connectivity index (χ1) is 14.3. The average molecular weight is 421 g/mol. The highest BCUT2D eigenvalue weighted by atomic mass is 16.3. The molecule has 2 fully saturated rings. The van der Waals surface area contributed by atoms with E-state index in [1.807, 2.05) is 0 Å². The minimum absolute atomic E-state index is 0.382. The molecule has 2 rings (SSSR count). The van der Waals surface area contributed by atoms with Gasteiger partial charge >= 0.3 is 0 Å². The zero-order valence-electron chi connectivity index (χ0n) is 21.7. The van der Waals surface area contributed by atoms with Crippen LogP contribution in [0.1, 0.15) is 119 Å². The summed E-state index contributed by atoms with van der Waals surface area (Å²) in [5.74, 6) is 8.73. The Morgan fingerprint density at radius 2 is 1.13 bits per heavy atom. The molecule has 0 amide bonds. The van der Waals surface area contributed by atoms with Gasteiger partial charge in [-0.1, -0.05) is 87.0 Å². The van der Waals surface area contributed by atoms with E-state index in [0.29, 0.717) is 6.61 Å². The van der Waals surface area contributed by atoms with Crippen molar-refractivity contribution in [3.05, 3.63) is 0 Å². The highest BCUT2D eigenvalue weighted by Crippen LogP contribution is 2.46. The number of aliphatic hydroxyl groups excluding tert-OH is 1. The van der Waals surface area contributed by atoms with Crippen LogP contribution in [0.25, 0.3) is 0 Å². The lowest BCUT2D eigenvalue weighted by atomic mass is 9.62. The van der Waals surface area contributed by atoms with Crippen LogP contribution >= 0.6 is 0 Å². The van der Waals surface area contributed by atoms with Crippen LogP contribution in [0.3, 0.4) is 0 Å². The molecular weight excluding hydrogens is 364 g/mol. The van der Waals surface area contributed by atoms with Gasteiger partial charge < -0.3 is 5.11 Å². The molecule has 2 aliphatic rings. The van der Waals surface area contributed by atoms with Crippen molar-refractivity contribution in [2.75, 3.05) is 6.61 Å². The van der Waals surface area contributed by atoms with Crippen LogP contribution in [-0.4, -0.2) is 11.7 Å². The Morgan fingerprint density at radius 3 is 1.57 bits per heavy atom. The number of hydrogen-bond donors (Lipinski definition) is 1. The second-order valence-electron chi connectivity index (χ2n) is 12.4. The quantitative estimate of drug-likeness (QED) is 0.355. The molecule has 2 aliphatic carbocycles. The van der Waals surface area contributed by atoms with Crippen LogP contribution in [0.5, 0.6) is 0 Å². The minimum atomic E-state index is 0.382. The Hall–Kier alpha value is -0.0400. The monoisotopic (exact) mass is 420 g/mol. The van der Waals surface area contributed by atoms with E-state index in [9.17, 15) is 5.11 Å². The van der Waals surface area contributed by atoms with Crippen molar-refractivity contribution in [3.63, 3.8) is 0 Å². The van der Waals surface area contributed by atoms with Crippen LogP contribution in [-0.2, 0) is 0 Å². The molecule has 0 aliphatic heterocycles. The molecule has 0 aromatic heterocycles. The maximum atomic E-state index is 9.84. The van der Waals surface area contributed by atoms with Crippen molar-refractivity contribution in [3.8, 4) is 0 Å². The topological polar surface area (TPSA) is 20.2 Å². The minimum Gasteiger partial charge on any atom is -0.396 e. The second-order valence-corrected chi connectivity index (χ2v) is 12.4. The summed E-state index contributed by atoms with van der Waals surface area (Å²) in [6, 6.07) is 0. The molecule has 30 heavy (non-hydrogen) atoms. The van der Waals surface area contributed by atoms with E-state index in [1.54, 1.807) is 0 Å². The molecule has 0 radical (unpaired) electrons. The summed E-state index contributed by atoms with van der Waals surface area (Å²) in [6.45, 7) is 17.6. The van der Waals surface area contributed by atoms with Crippen molar-refractivity contribution in [2.24, 2.45) is 59.2 Å². The Balaban J connectivity index is 1.98. The predicted molar refractivity (Wildman–Crippen MR) is 132 cm³/mol. The van der Waals surface area contributed by atoms with Crippen molar-refractivity contribution in [2.45, 2.75) is 119 Å². The number of hydrogen-bond acceptors (Lipinski definition) is 1. The van der Waals surface area contributed by atoms with E-state index in [0.717, 1.165) is 65.6 Å². The van der Waals surface area contributed by atoms with Gasteiger partial charge in [-0.25, -0.2) is 0 Å². The van der Waals surface area contributed by atoms with Gasteiger partial charge in [-0.3, -0.25) is 0 Å². The van der Waals surface area contributed by atoms with Crippen molar-refractivity contribution >= 4 is 0 Å². The molecule has 0 spiro atoms. The number of rotatable bonds is 11. The third-order valence-electron chi connectivity index (χ3n) is 9.53. The molecule has 1 N–H and O–H groups in total. The van der Waals surface area contributed by atoms with Crippen molar-refractivity contribution in [1.29, 1.82) is 0 Å². The fourth-order valence-electron chi connectivity index (χ4n) is 7.74. The SMILES string of the molecule is CCC(CCCC(CCO)C1CC(C)CCC1C(C)C)C1CC(C)CCC1C(C)C. The molecule has 0 heterocycles. The number of aliphatic hydroxyl groups is 1. The third kappa shape index (κ3) is 7.25. The third-order valence-corrected chi connectivity index (χ3v) is 9.53. The fourth-order valence-corrected chi connectivity index (χ4v) is 7.74. The largest absolute Gasteiger partial charge is 0.396 e. The van der Waals surface area contributed by atoms with Gasteiger partial charge in [0.05, 0.1) is 0 Å². The zero-order chi connectivity index (χ0) is 22.3. The summed E-state index contributed by atoms with van der Waals surface area (Å²) in [7, 11) is 0. The lowest BCUT2D eigenvalue weighted by Gasteiger charge is -2.43. The standard InChI is InChI=1S/C29H56O/c1-8-24(28-18-22(6)12-14-26(28)20(2)3)10-9-11-25(16-17-30)29-19-23(7)13-15-27(29)21(4)5/h20-30H,8-19H2,1-7H3. The van der Waals surface area contributed by atoms with Gasteiger partial charge in [-0.15, -0.1) is 0 Å². The summed E-state index contributed by atoms with van der Waals surface area (Å²) in [5, 5.41) is 9.84. The van der Waals surface area contributed by atoms with Crippen LogP contribution in [0, 0.1) is 59.2 Å². The normalized spacial score (nSPS) is 35.0. The van der Waals surface area contributed by atoms with E-state index in [-0.39, 0.29) is 0 Å². The van der Waals surface area contributed by atoms with Gasteiger partial charge in [0.25, 0.3) is 0 Å². The van der Waals surface area contributed by atoms with Gasteiger partial charge in [-0.05, 0) is 91.3 Å². The first-order valence-electron chi connectivity index (χ1n) is 13.9. The maximum Gasteiger partial charge on any atom is 0.0433 e. The van der Waals surface area contributed by atoms with Crippen LogP contribution in [0.15, 0.2) is 0 Å². The lowest BCUT2D eigenvalue weighted by molar-refractivity contribution is 0.0639. The molecule has 0 saturated heterocycles. The highest BCUT2D eigenvalue weighted by molar-refractivity contribution is 4.87. The molecule has 8 atom stereocenters. The van der Waals surface area contributed by atoms with Gasteiger partial charge in [0.1, 0.15) is 0 Å². The molecule has 2 saturated carbocycles. The van der Waals surface area contributed by atoms with Gasteiger partial charge in [0, 0.05) is 6.61 Å². The van der Waals surface area contributed by atoms with E-state index in [1.165, 1.54) is 64.2 Å². The molecule has 0 bridgehead atoms. The van der Waals surface area contributed by atoms with Gasteiger partial charge in [0.15, 0.2) is 0 Å². The van der Waals surface area contributed by atoms with Crippen LogP contribution < -0.4 is 0 Å². The Bertz CT molecular complexity index is 455. The second kappa shape index (κ2) is 12.9. The van der Waals surface area contributed by atoms with E-state index < -0.39 is 0 Å². The predicted octanol–water partition coefficient (Wildman–Crippen LogP) is 8.60. The molecule has 8 unspecified atom stereocenters. The van der Waals surface area contributed by atoms with Gasteiger partial charge in [-0.2, -0.15) is 0 Å². The van der Waals surface area contributed by atoms with E-state index in [2.05, 4.69) is 48.5 Å². The smallest absolute Gasteiger partial charge is 0.0433 e. The Kier molecular flexibility index (Phi) is 11.2. The van der Waals surface area contributed by atoms with E-state index in [4.69, 9.17) is 0 Å².